The Morgan fingerprint density at radius 2 is 2.06 bits per heavy atom. The molecule has 2 amide bonds. The zero-order valence-electron chi connectivity index (χ0n) is 8.74. The molecule has 0 spiro atoms. The van der Waals surface area contributed by atoms with Crippen LogP contribution in [-0.2, 0) is 25.1 Å². The van der Waals surface area contributed by atoms with Crippen LogP contribution in [0.25, 0.3) is 0 Å². The molecule has 2 bridgehead atoms. The van der Waals surface area contributed by atoms with Crippen molar-refractivity contribution in [3.63, 3.8) is 0 Å². The molecule has 2 rings (SSSR count). The molecule has 0 radical (unpaired) electrons. The summed E-state index contributed by atoms with van der Waals surface area (Å²) in [5.74, 6) is -3.45. The minimum atomic E-state index is -2.70. The summed E-state index contributed by atoms with van der Waals surface area (Å²) in [7, 11) is 0. The van der Waals surface area contributed by atoms with Crippen LogP contribution in [0.1, 0.15) is 6.42 Å². The van der Waals surface area contributed by atoms with Crippen molar-refractivity contribution in [3.05, 3.63) is 12.2 Å². The highest BCUT2D eigenvalue weighted by Crippen LogP contribution is 2.52. The van der Waals surface area contributed by atoms with Crippen LogP contribution in [-0.4, -0.2) is 26.2 Å². The summed E-state index contributed by atoms with van der Waals surface area (Å²) in [4.78, 5) is 23.0. The van der Waals surface area contributed by atoms with Crippen molar-refractivity contribution < 1.29 is 22.5 Å². The predicted octanol–water partition coefficient (Wildman–Crippen LogP) is -1.33. The van der Waals surface area contributed by atoms with E-state index < -0.39 is 40.6 Å². The Labute approximate surface area is 99.7 Å². The predicted molar refractivity (Wildman–Crippen MR) is 57.2 cm³/mol. The lowest BCUT2D eigenvalue weighted by Gasteiger charge is -2.35. The first-order chi connectivity index (χ1) is 7.89. The van der Waals surface area contributed by atoms with Gasteiger partial charge < -0.3 is 11.5 Å². The van der Waals surface area contributed by atoms with Crippen LogP contribution in [0.2, 0.25) is 0 Å². The molecule has 0 aliphatic heterocycles. The van der Waals surface area contributed by atoms with Crippen LogP contribution in [0.4, 0.5) is 0 Å². The van der Waals surface area contributed by atoms with Crippen LogP contribution in [0, 0.1) is 17.8 Å². The van der Waals surface area contributed by atoms with Gasteiger partial charge in [-0.3, -0.25) is 18.3 Å². The SMILES string of the molecule is NC(=O)C1C2C=CC(C2)C1(OS(=O)O)C(N)=O. The third kappa shape index (κ3) is 1.60. The maximum Gasteiger partial charge on any atom is 0.303 e. The molecule has 0 heterocycles. The summed E-state index contributed by atoms with van der Waals surface area (Å²) in [6.45, 7) is 0. The summed E-state index contributed by atoms with van der Waals surface area (Å²) >= 11 is -2.70. The molecule has 0 saturated heterocycles. The minimum absolute atomic E-state index is 0.270. The van der Waals surface area contributed by atoms with E-state index >= 15 is 0 Å². The van der Waals surface area contributed by atoms with Gasteiger partial charge in [0.15, 0.2) is 5.60 Å². The molecule has 7 nitrogen and oxygen atoms in total. The number of hydrogen-bond acceptors (Lipinski definition) is 4. The quantitative estimate of drug-likeness (QED) is 0.425. The fraction of sp³-hybridized carbons (Fsp3) is 0.556. The standard InChI is InChI=1S/C9H12N2O5S/c10-7(12)6-4-1-2-5(3-4)9(6,8(11)13)16-17(14)15/h1-2,4-6H,3H2,(H2,10,12)(H2,11,13)(H,14,15). The number of carbonyl (C=O) groups excluding carboxylic acids is 2. The molecule has 5 N–H and O–H groups in total. The van der Waals surface area contributed by atoms with E-state index in [0.29, 0.717) is 6.42 Å². The fourth-order valence-corrected chi connectivity index (χ4v) is 3.42. The lowest BCUT2D eigenvalue weighted by Crippen LogP contribution is -2.58. The van der Waals surface area contributed by atoms with Crippen LogP contribution in [0.3, 0.4) is 0 Å². The number of rotatable bonds is 4. The second-order valence-corrected chi connectivity index (χ2v) is 4.83. The first-order valence-electron chi connectivity index (χ1n) is 4.97. The molecule has 0 aromatic heterocycles. The second kappa shape index (κ2) is 3.90. The lowest BCUT2D eigenvalue weighted by atomic mass is 9.78. The molecule has 0 aromatic rings. The highest BCUT2D eigenvalue weighted by Gasteiger charge is 2.64. The Kier molecular flexibility index (Phi) is 2.80. The summed E-state index contributed by atoms with van der Waals surface area (Å²) in [5.41, 5.74) is 8.68. The molecular weight excluding hydrogens is 248 g/mol. The van der Waals surface area contributed by atoms with Crippen molar-refractivity contribution in [1.82, 2.24) is 0 Å². The monoisotopic (exact) mass is 260 g/mol. The number of fused-ring (bicyclic) bond motifs is 2. The average Bonchev–Trinajstić information content (AvgIpc) is 2.74. The van der Waals surface area contributed by atoms with Gasteiger partial charge >= 0.3 is 11.4 Å². The largest absolute Gasteiger partial charge is 0.369 e. The van der Waals surface area contributed by atoms with Crippen LogP contribution in [0.5, 0.6) is 0 Å². The summed E-state index contributed by atoms with van der Waals surface area (Å²) < 4.78 is 24.4. The number of amides is 2. The molecular formula is C9H12N2O5S. The molecule has 1 fully saturated rings. The second-order valence-electron chi connectivity index (χ2n) is 4.23. The minimum Gasteiger partial charge on any atom is -0.369 e. The summed E-state index contributed by atoms with van der Waals surface area (Å²) in [5, 5.41) is 0. The van der Waals surface area contributed by atoms with E-state index in [0.717, 1.165) is 0 Å². The molecule has 17 heavy (non-hydrogen) atoms. The van der Waals surface area contributed by atoms with Crippen molar-refractivity contribution in [2.24, 2.45) is 29.2 Å². The highest BCUT2D eigenvalue weighted by atomic mass is 32.2. The van der Waals surface area contributed by atoms with Gasteiger partial charge in [-0.2, -0.15) is 4.21 Å². The molecule has 1 saturated carbocycles. The van der Waals surface area contributed by atoms with Gasteiger partial charge in [0.05, 0.1) is 5.92 Å². The van der Waals surface area contributed by atoms with E-state index in [2.05, 4.69) is 0 Å². The fourth-order valence-electron chi connectivity index (χ4n) is 2.87. The van der Waals surface area contributed by atoms with Crippen molar-refractivity contribution in [3.8, 4) is 0 Å². The summed E-state index contributed by atoms with van der Waals surface area (Å²) in [6, 6.07) is 0. The van der Waals surface area contributed by atoms with Gasteiger partial charge in [0.25, 0.3) is 5.91 Å². The van der Waals surface area contributed by atoms with Crippen molar-refractivity contribution in [1.29, 1.82) is 0 Å². The number of hydrogen-bond donors (Lipinski definition) is 3. The van der Waals surface area contributed by atoms with E-state index in [9.17, 15) is 13.8 Å². The van der Waals surface area contributed by atoms with Gasteiger partial charge in [-0.25, -0.2) is 0 Å². The third-order valence-electron chi connectivity index (χ3n) is 3.46. The lowest BCUT2D eigenvalue weighted by molar-refractivity contribution is -0.147. The Morgan fingerprint density at radius 3 is 2.53 bits per heavy atom. The Hall–Kier alpha value is -1.25. The molecule has 94 valence electrons. The summed E-state index contributed by atoms with van der Waals surface area (Å²) in [6.07, 6.45) is 3.89. The van der Waals surface area contributed by atoms with E-state index in [4.69, 9.17) is 20.2 Å². The van der Waals surface area contributed by atoms with Gasteiger partial charge in [-0.15, -0.1) is 0 Å². The Morgan fingerprint density at radius 1 is 1.41 bits per heavy atom. The molecule has 8 heteroatoms. The maximum atomic E-state index is 11.6. The van der Waals surface area contributed by atoms with Gasteiger partial charge in [0.1, 0.15) is 0 Å². The van der Waals surface area contributed by atoms with E-state index in [1.54, 1.807) is 12.2 Å². The maximum absolute atomic E-state index is 11.6. The molecule has 5 unspecified atom stereocenters. The van der Waals surface area contributed by atoms with Gasteiger partial charge in [0, 0.05) is 5.92 Å². The van der Waals surface area contributed by atoms with Crippen LogP contribution < -0.4 is 11.5 Å². The smallest absolute Gasteiger partial charge is 0.303 e. The molecule has 2 aliphatic carbocycles. The molecule has 0 aromatic carbocycles. The van der Waals surface area contributed by atoms with Crippen LogP contribution in [0.15, 0.2) is 12.2 Å². The zero-order chi connectivity index (χ0) is 12.8. The van der Waals surface area contributed by atoms with Gasteiger partial charge in [-0.1, -0.05) is 12.2 Å². The van der Waals surface area contributed by atoms with Crippen molar-refractivity contribution >= 4 is 23.2 Å². The van der Waals surface area contributed by atoms with E-state index in [1.807, 2.05) is 0 Å². The van der Waals surface area contributed by atoms with Crippen molar-refractivity contribution in [2.45, 2.75) is 12.0 Å². The first-order valence-corrected chi connectivity index (χ1v) is 6.00. The van der Waals surface area contributed by atoms with E-state index in [1.165, 1.54) is 0 Å². The Bertz CT molecular complexity index is 437. The van der Waals surface area contributed by atoms with Gasteiger partial charge in [0.2, 0.25) is 5.91 Å². The Balaban J connectivity index is 2.49. The average molecular weight is 260 g/mol. The third-order valence-corrected chi connectivity index (χ3v) is 3.88. The van der Waals surface area contributed by atoms with Crippen molar-refractivity contribution in [2.75, 3.05) is 0 Å². The number of primary amides is 2. The first kappa shape index (κ1) is 12.2. The van der Waals surface area contributed by atoms with E-state index in [-0.39, 0.29) is 5.92 Å². The molecule has 5 atom stereocenters. The number of carbonyl (C=O) groups is 2. The number of nitrogens with two attached hydrogens (primary N) is 2. The van der Waals surface area contributed by atoms with Crippen LogP contribution >= 0.6 is 0 Å². The topological polar surface area (TPSA) is 133 Å². The number of allylic oxidation sites excluding steroid dienone is 1. The normalized spacial score (nSPS) is 40.4. The highest BCUT2D eigenvalue weighted by molar-refractivity contribution is 7.74. The van der Waals surface area contributed by atoms with Gasteiger partial charge in [-0.05, 0) is 12.3 Å². The molecule has 2 aliphatic rings. The zero-order valence-corrected chi connectivity index (χ0v) is 9.55.